The van der Waals surface area contributed by atoms with Crippen LogP contribution in [-0.4, -0.2) is 10.2 Å². The molecule has 3 rings (SSSR count). The Morgan fingerprint density at radius 1 is 1.10 bits per heavy atom. The first kappa shape index (κ1) is 12.3. The molecule has 100 valence electrons. The van der Waals surface area contributed by atoms with E-state index < -0.39 is 0 Å². The fourth-order valence-electron chi connectivity index (χ4n) is 2.00. The van der Waals surface area contributed by atoms with Crippen LogP contribution in [0.2, 0.25) is 0 Å². The minimum Gasteiger partial charge on any atom is -0.457 e. The molecule has 0 aliphatic carbocycles. The van der Waals surface area contributed by atoms with Crippen LogP contribution in [0.25, 0.3) is 24.0 Å². The number of aryl methyl sites for hydroxylation is 1. The molecule has 0 atom stereocenters. The maximum absolute atomic E-state index is 11.6. The lowest BCUT2D eigenvalue weighted by Gasteiger charge is -1.97. The highest BCUT2D eigenvalue weighted by atomic mass is 16.3. The normalized spacial score (nSPS) is 11.9. The highest BCUT2D eigenvalue weighted by Crippen LogP contribution is 2.22. The Morgan fingerprint density at radius 3 is 2.50 bits per heavy atom. The van der Waals surface area contributed by atoms with Crippen molar-refractivity contribution in [1.82, 2.24) is 10.2 Å². The fraction of sp³-hybridized carbons (Fsp3) is 0.0625. The van der Waals surface area contributed by atoms with E-state index in [-0.39, 0.29) is 5.56 Å². The van der Waals surface area contributed by atoms with Gasteiger partial charge in [-0.15, -0.1) is 0 Å². The van der Waals surface area contributed by atoms with Gasteiger partial charge >= 0.3 is 0 Å². The molecule has 0 saturated heterocycles. The van der Waals surface area contributed by atoms with Gasteiger partial charge in [0.2, 0.25) is 0 Å². The van der Waals surface area contributed by atoms with Gasteiger partial charge < -0.3 is 4.42 Å². The van der Waals surface area contributed by atoms with Gasteiger partial charge in [-0.05, 0) is 25.1 Å². The molecule has 20 heavy (non-hydrogen) atoms. The monoisotopic (exact) mass is 266 g/mol. The van der Waals surface area contributed by atoms with E-state index in [9.17, 15) is 4.79 Å². The van der Waals surface area contributed by atoms with E-state index in [2.05, 4.69) is 16.8 Å². The van der Waals surface area contributed by atoms with Crippen molar-refractivity contribution in [2.45, 2.75) is 6.92 Å². The lowest BCUT2D eigenvalue weighted by atomic mass is 10.1. The molecule has 4 heteroatoms. The average Bonchev–Trinajstić information content (AvgIpc) is 3.02. The molecule has 0 aliphatic rings. The molecule has 2 N–H and O–H groups in total. The fourth-order valence-corrected chi connectivity index (χ4v) is 2.00. The van der Waals surface area contributed by atoms with Gasteiger partial charge in [0.1, 0.15) is 11.5 Å². The van der Waals surface area contributed by atoms with Crippen LogP contribution in [0.3, 0.4) is 0 Å². The van der Waals surface area contributed by atoms with Crippen LogP contribution in [-0.2, 0) is 0 Å². The van der Waals surface area contributed by atoms with Crippen LogP contribution >= 0.6 is 0 Å². The summed E-state index contributed by atoms with van der Waals surface area (Å²) >= 11 is 0. The molecule has 0 unspecified atom stereocenters. The molecule has 1 aromatic carbocycles. The topological polar surface area (TPSA) is 61.8 Å². The number of benzene rings is 1. The molecule has 0 fully saturated rings. The van der Waals surface area contributed by atoms with Gasteiger partial charge in [0, 0.05) is 5.56 Å². The maximum atomic E-state index is 11.6. The Morgan fingerprint density at radius 2 is 1.85 bits per heavy atom. The Kier molecular flexibility index (Phi) is 2.91. The third-order valence-corrected chi connectivity index (χ3v) is 3.15. The minimum absolute atomic E-state index is 0.205. The molecule has 2 heterocycles. The molecule has 3 aromatic rings. The van der Waals surface area contributed by atoms with E-state index in [4.69, 9.17) is 4.42 Å². The van der Waals surface area contributed by atoms with Gasteiger partial charge in [0.15, 0.2) is 0 Å². The number of aromatic amines is 2. The summed E-state index contributed by atoms with van der Waals surface area (Å²) in [6.07, 6.45) is 1.68. The average molecular weight is 266 g/mol. The summed E-state index contributed by atoms with van der Waals surface area (Å²) in [6.45, 7) is 5.79. The Bertz CT molecular complexity index is 865. The minimum atomic E-state index is -0.205. The van der Waals surface area contributed by atoms with Crippen molar-refractivity contribution >= 4 is 12.7 Å². The van der Waals surface area contributed by atoms with Gasteiger partial charge in [-0.3, -0.25) is 15.0 Å². The maximum Gasteiger partial charge on any atom is 0.271 e. The lowest BCUT2D eigenvalue weighted by molar-refractivity contribution is 0.571. The predicted octanol–water partition coefficient (Wildman–Crippen LogP) is 1.51. The van der Waals surface area contributed by atoms with Crippen LogP contribution in [0.1, 0.15) is 11.3 Å². The van der Waals surface area contributed by atoms with Gasteiger partial charge in [0.05, 0.1) is 10.6 Å². The molecule has 0 amide bonds. The van der Waals surface area contributed by atoms with Gasteiger partial charge in [0.25, 0.3) is 5.56 Å². The van der Waals surface area contributed by atoms with E-state index >= 15 is 0 Å². The second-order valence-corrected chi connectivity index (χ2v) is 4.68. The molecule has 0 aliphatic heterocycles. The molecule has 2 aromatic heterocycles. The van der Waals surface area contributed by atoms with Gasteiger partial charge in [-0.1, -0.05) is 36.4 Å². The number of hydrogen-bond acceptors (Lipinski definition) is 2. The smallest absolute Gasteiger partial charge is 0.271 e. The number of H-pyrrole nitrogens is 2. The zero-order valence-electron chi connectivity index (χ0n) is 11.1. The van der Waals surface area contributed by atoms with E-state index in [0.717, 1.165) is 11.3 Å². The molecule has 0 radical (unpaired) electrons. The number of aromatic nitrogens is 2. The highest BCUT2D eigenvalue weighted by molar-refractivity contribution is 5.60. The third-order valence-electron chi connectivity index (χ3n) is 3.15. The predicted molar refractivity (Wildman–Crippen MR) is 78.6 cm³/mol. The Balaban J connectivity index is 2.03. The summed E-state index contributed by atoms with van der Waals surface area (Å²) in [4.78, 5) is 11.6. The highest BCUT2D eigenvalue weighted by Gasteiger charge is 2.03. The van der Waals surface area contributed by atoms with Crippen molar-refractivity contribution in [3.8, 4) is 11.3 Å². The van der Waals surface area contributed by atoms with Crippen LogP contribution < -0.4 is 16.1 Å². The summed E-state index contributed by atoms with van der Waals surface area (Å²) in [6, 6.07) is 11.8. The number of nitrogens with one attached hydrogen (secondary N) is 2. The number of furan rings is 1. The van der Waals surface area contributed by atoms with E-state index in [0.29, 0.717) is 16.3 Å². The molecule has 0 saturated carbocycles. The second-order valence-electron chi connectivity index (χ2n) is 4.68. The summed E-state index contributed by atoms with van der Waals surface area (Å²) in [7, 11) is 0. The zero-order valence-corrected chi connectivity index (χ0v) is 11.1. The first-order valence-corrected chi connectivity index (χ1v) is 6.28. The van der Waals surface area contributed by atoms with Gasteiger partial charge in [-0.25, -0.2) is 0 Å². The van der Waals surface area contributed by atoms with E-state index in [1.807, 2.05) is 43.3 Å². The first-order chi connectivity index (χ1) is 9.63. The van der Waals surface area contributed by atoms with Crippen LogP contribution in [0.5, 0.6) is 0 Å². The van der Waals surface area contributed by atoms with Crippen molar-refractivity contribution in [3.05, 3.63) is 68.6 Å². The molecular weight excluding hydrogens is 252 g/mol. The van der Waals surface area contributed by atoms with Crippen molar-refractivity contribution in [2.24, 2.45) is 0 Å². The summed E-state index contributed by atoms with van der Waals surface area (Å²) in [5.74, 6) is 1.39. The van der Waals surface area contributed by atoms with Crippen molar-refractivity contribution in [2.75, 3.05) is 0 Å². The number of hydrogen-bond donors (Lipinski definition) is 2. The third kappa shape index (κ3) is 2.23. The van der Waals surface area contributed by atoms with Crippen molar-refractivity contribution < 1.29 is 4.42 Å². The molecule has 4 nitrogen and oxygen atoms in total. The largest absolute Gasteiger partial charge is 0.457 e. The Labute approximate surface area is 115 Å². The van der Waals surface area contributed by atoms with Gasteiger partial charge in [-0.2, -0.15) is 0 Å². The lowest BCUT2D eigenvalue weighted by Crippen LogP contribution is -2.32. The SMILES string of the molecule is C=c1[nH][nH]c(=O)/c1=C/c1ccc(-c2ccc(C)cc2)o1. The van der Waals surface area contributed by atoms with Crippen LogP contribution in [0, 0.1) is 6.92 Å². The summed E-state index contributed by atoms with van der Waals surface area (Å²) < 4.78 is 5.74. The summed E-state index contributed by atoms with van der Waals surface area (Å²) in [5, 5.41) is 6.19. The van der Waals surface area contributed by atoms with Crippen LogP contribution in [0.15, 0.2) is 45.6 Å². The molecule has 0 spiro atoms. The molecule has 0 bridgehead atoms. The summed E-state index contributed by atoms with van der Waals surface area (Å²) in [5.41, 5.74) is 2.00. The van der Waals surface area contributed by atoms with E-state index in [1.54, 1.807) is 6.08 Å². The second kappa shape index (κ2) is 4.74. The standard InChI is InChI=1S/C16H14N2O2/c1-10-3-5-12(6-4-10)15-8-7-13(20-15)9-14-11(2)17-18-16(14)19/h3-9,17H,2H2,1H3,(H,18,19)/b14-9+. The first-order valence-electron chi connectivity index (χ1n) is 6.28. The zero-order chi connectivity index (χ0) is 14.1. The Hall–Kier alpha value is -2.75. The quantitative estimate of drug-likeness (QED) is 0.738. The van der Waals surface area contributed by atoms with Crippen molar-refractivity contribution in [1.29, 1.82) is 0 Å². The molecular formula is C16H14N2O2. The van der Waals surface area contributed by atoms with Crippen LogP contribution in [0.4, 0.5) is 0 Å². The number of rotatable bonds is 2. The van der Waals surface area contributed by atoms with E-state index in [1.165, 1.54) is 5.56 Å². The van der Waals surface area contributed by atoms with Crippen molar-refractivity contribution in [3.63, 3.8) is 0 Å².